The van der Waals surface area contributed by atoms with Crippen LogP contribution in [0.25, 0.3) is 0 Å². The molecular weight excluding hydrogens is 190 g/mol. The van der Waals surface area contributed by atoms with Crippen molar-refractivity contribution in [3.8, 4) is 0 Å². The van der Waals surface area contributed by atoms with E-state index < -0.39 is 0 Å². The minimum atomic E-state index is 0.603. The van der Waals surface area contributed by atoms with Gasteiger partial charge in [-0.3, -0.25) is 0 Å². The predicted molar refractivity (Wildman–Crippen MR) is 64.3 cm³/mol. The first-order valence-electron chi connectivity index (χ1n) is 5.22. The van der Waals surface area contributed by atoms with Gasteiger partial charge in [0.1, 0.15) is 0 Å². The molecule has 76 valence electrons. The van der Waals surface area contributed by atoms with Gasteiger partial charge in [0.15, 0.2) is 0 Å². The normalized spacial score (nSPS) is 20.4. The summed E-state index contributed by atoms with van der Waals surface area (Å²) in [5.41, 5.74) is 2.81. The fraction of sp³-hybridized carbons (Fsp3) is 0.500. The van der Waals surface area contributed by atoms with E-state index in [0.29, 0.717) is 11.2 Å². The molecular formula is C12H17NS. The number of nitrogens with one attached hydrogen (secondary N) is 1. The van der Waals surface area contributed by atoms with Crippen LogP contribution in [-0.4, -0.2) is 11.8 Å². The van der Waals surface area contributed by atoms with Gasteiger partial charge >= 0.3 is 0 Å². The molecule has 1 unspecified atom stereocenters. The molecule has 1 nitrogen and oxygen atoms in total. The molecule has 0 bridgehead atoms. The van der Waals surface area contributed by atoms with Gasteiger partial charge in [0.2, 0.25) is 0 Å². The molecule has 1 aromatic rings. The first kappa shape index (κ1) is 9.91. The molecule has 0 aliphatic carbocycles. The van der Waals surface area contributed by atoms with Crippen LogP contribution in [0.5, 0.6) is 0 Å². The molecule has 0 saturated heterocycles. The van der Waals surface area contributed by atoms with Crippen molar-refractivity contribution in [1.29, 1.82) is 0 Å². The Hall–Kier alpha value is -0.630. The summed E-state index contributed by atoms with van der Waals surface area (Å²) in [5, 5.41) is 4.23. The molecule has 1 heterocycles. The molecule has 0 saturated carbocycles. The van der Waals surface area contributed by atoms with Gasteiger partial charge in [-0.2, -0.15) is 0 Å². The van der Waals surface area contributed by atoms with E-state index in [4.69, 9.17) is 0 Å². The third-order valence-corrected chi connectivity index (χ3v) is 3.74. The lowest BCUT2D eigenvalue weighted by Crippen LogP contribution is -2.19. The first-order valence-corrected chi connectivity index (χ1v) is 6.10. The molecule has 0 radical (unpaired) electrons. The van der Waals surface area contributed by atoms with Crippen LogP contribution in [0.15, 0.2) is 23.1 Å². The van der Waals surface area contributed by atoms with Gasteiger partial charge in [0.05, 0.1) is 5.69 Å². The van der Waals surface area contributed by atoms with E-state index in [2.05, 4.69) is 44.3 Å². The number of fused-ring (bicyclic) bond motifs is 1. The molecule has 0 aromatic heterocycles. The predicted octanol–water partition coefficient (Wildman–Crippen LogP) is 3.72. The molecule has 0 amide bonds. The number of benzene rings is 1. The maximum absolute atomic E-state index is 3.54. The van der Waals surface area contributed by atoms with Crippen molar-refractivity contribution in [2.24, 2.45) is 0 Å². The number of hydrogen-bond donors (Lipinski definition) is 1. The summed E-state index contributed by atoms with van der Waals surface area (Å²) in [6, 6.07) is 6.61. The van der Waals surface area contributed by atoms with Crippen LogP contribution in [0.3, 0.4) is 0 Å². The molecule has 14 heavy (non-hydrogen) atoms. The van der Waals surface area contributed by atoms with Gasteiger partial charge in [0.25, 0.3) is 0 Å². The van der Waals surface area contributed by atoms with Crippen molar-refractivity contribution in [1.82, 2.24) is 0 Å². The maximum Gasteiger partial charge on any atom is 0.0514 e. The Labute approximate surface area is 90.3 Å². The van der Waals surface area contributed by atoms with Crippen LogP contribution in [-0.2, 0) is 0 Å². The van der Waals surface area contributed by atoms with E-state index >= 15 is 0 Å². The molecule has 2 rings (SSSR count). The van der Waals surface area contributed by atoms with Gasteiger partial charge in [-0.15, -0.1) is 11.8 Å². The number of thioether (sulfide) groups is 1. The number of para-hydroxylation sites is 1. The summed E-state index contributed by atoms with van der Waals surface area (Å²) in [7, 11) is 0. The summed E-state index contributed by atoms with van der Waals surface area (Å²) in [6.45, 7) is 7.85. The lowest BCUT2D eigenvalue weighted by Gasteiger charge is -2.26. The fourth-order valence-corrected chi connectivity index (χ4v) is 2.89. The van der Waals surface area contributed by atoms with E-state index in [1.165, 1.54) is 16.1 Å². The van der Waals surface area contributed by atoms with Crippen molar-refractivity contribution in [2.45, 2.75) is 36.8 Å². The summed E-state index contributed by atoms with van der Waals surface area (Å²) in [6.07, 6.45) is 0. The van der Waals surface area contributed by atoms with Gasteiger partial charge in [-0.1, -0.05) is 32.9 Å². The number of anilines is 1. The summed E-state index contributed by atoms with van der Waals surface area (Å²) in [4.78, 5) is 1.41. The molecule has 0 spiro atoms. The Balaban J connectivity index is 2.41. The van der Waals surface area contributed by atoms with Crippen LogP contribution in [0.2, 0.25) is 0 Å². The molecule has 1 aromatic carbocycles. The van der Waals surface area contributed by atoms with E-state index in [0.717, 1.165) is 6.54 Å². The first-order chi connectivity index (χ1) is 6.68. The summed E-state index contributed by atoms with van der Waals surface area (Å²) in [5.74, 6) is 0.603. The SMILES string of the molecule is CC1CNc2c(cccc2C(C)C)S1. The highest BCUT2D eigenvalue weighted by molar-refractivity contribution is 8.00. The van der Waals surface area contributed by atoms with Crippen molar-refractivity contribution < 1.29 is 0 Å². The zero-order valence-electron chi connectivity index (χ0n) is 9.00. The monoisotopic (exact) mass is 207 g/mol. The topological polar surface area (TPSA) is 12.0 Å². The van der Waals surface area contributed by atoms with Gasteiger partial charge in [-0.05, 0) is 17.5 Å². The standard InChI is InChI=1S/C12H17NS/c1-8(2)10-5-4-6-11-12(10)13-7-9(3)14-11/h4-6,8-9,13H,7H2,1-3H3. The second kappa shape index (κ2) is 3.85. The molecule has 1 N–H and O–H groups in total. The molecule has 2 heteroatoms. The molecule has 1 atom stereocenters. The highest BCUT2D eigenvalue weighted by Crippen LogP contribution is 2.39. The van der Waals surface area contributed by atoms with Gasteiger partial charge < -0.3 is 5.32 Å². The highest BCUT2D eigenvalue weighted by atomic mass is 32.2. The largest absolute Gasteiger partial charge is 0.383 e. The van der Waals surface area contributed by atoms with Gasteiger partial charge in [-0.25, -0.2) is 0 Å². The smallest absolute Gasteiger partial charge is 0.0514 e. The summed E-state index contributed by atoms with van der Waals surface area (Å²) < 4.78 is 0. The average Bonchev–Trinajstić information content (AvgIpc) is 2.16. The van der Waals surface area contributed by atoms with Crippen molar-refractivity contribution in [2.75, 3.05) is 11.9 Å². The van der Waals surface area contributed by atoms with E-state index in [1.807, 2.05) is 11.8 Å². The second-order valence-electron chi connectivity index (χ2n) is 4.18. The van der Waals surface area contributed by atoms with E-state index in [-0.39, 0.29) is 0 Å². The minimum absolute atomic E-state index is 0.603. The lowest BCUT2D eigenvalue weighted by atomic mass is 10.0. The molecule has 1 aliphatic heterocycles. The van der Waals surface area contributed by atoms with E-state index in [9.17, 15) is 0 Å². The van der Waals surface area contributed by atoms with Crippen LogP contribution in [0.1, 0.15) is 32.3 Å². The third kappa shape index (κ3) is 1.76. The van der Waals surface area contributed by atoms with Crippen LogP contribution in [0.4, 0.5) is 5.69 Å². The van der Waals surface area contributed by atoms with Crippen molar-refractivity contribution in [3.05, 3.63) is 23.8 Å². The van der Waals surface area contributed by atoms with Crippen molar-refractivity contribution >= 4 is 17.4 Å². The zero-order chi connectivity index (χ0) is 10.1. The third-order valence-electron chi connectivity index (χ3n) is 2.57. The van der Waals surface area contributed by atoms with Crippen LogP contribution >= 0.6 is 11.8 Å². The van der Waals surface area contributed by atoms with E-state index in [1.54, 1.807) is 0 Å². The quantitative estimate of drug-likeness (QED) is 0.753. The fourth-order valence-electron chi connectivity index (χ4n) is 1.82. The van der Waals surface area contributed by atoms with Crippen LogP contribution < -0.4 is 5.32 Å². The summed E-state index contributed by atoms with van der Waals surface area (Å²) >= 11 is 1.98. The Morgan fingerprint density at radius 2 is 2.21 bits per heavy atom. The number of rotatable bonds is 1. The Morgan fingerprint density at radius 3 is 2.93 bits per heavy atom. The van der Waals surface area contributed by atoms with Gasteiger partial charge in [0, 0.05) is 16.7 Å². The lowest BCUT2D eigenvalue weighted by molar-refractivity contribution is 0.854. The molecule has 0 fully saturated rings. The Kier molecular flexibility index (Phi) is 2.73. The minimum Gasteiger partial charge on any atom is -0.383 e. The molecule has 1 aliphatic rings. The second-order valence-corrected chi connectivity index (χ2v) is 5.66. The Bertz CT molecular complexity index is 333. The Morgan fingerprint density at radius 1 is 1.43 bits per heavy atom. The highest BCUT2D eigenvalue weighted by Gasteiger charge is 2.18. The zero-order valence-corrected chi connectivity index (χ0v) is 9.82. The maximum atomic E-state index is 3.54. The van der Waals surface area contributed by atoms with Crippen LogP contribution in [0, 0.1) is 0 Å². The number of hydrogen-bond acceptors (Lipinski definition) is 2. The van der Waals surface area contributed by atoms with Crippen molar-refractivity contribution in [3.63, 3.8) is 0 Å². The average molecular weight is 207 g/mol.